The van der Waals surface area contributed by atoms with Gasteiger partial charge in [-0.2, -0.15) is 0 Å². The summed E-state index contributed by atoms with van der Waals surface area (Å²) in [6.45, 7) is 4.79. The van der Waals surface area contributed by atoms with E-state index in [0.29, 0.717) is 18.7 Å². The standard InChI is InChI=1S/C14H21FN2O3/c1-10(2)20-13-5-4-11(8-12(13)15)9-17-14(18)16-6-7-19-3/h4-5,8,10H,6-7,9H2,1-3H3,(H2,16,17,18). The van der Waals surface area contributed by atoms with E-state index >= 15 is 0 Å². The number of hydrogen-bond donors (Lipinski definition) is 2. The van der Waals surface area contributed by atoms with E-state index in [1.54, 1.807) is 19.2 Å². The van der Waals surface area contributed by atoms with Crippen molar-refractivity contribution >= 4 is 6.03 Å². The second kappa shape index (κ2) is 8.37. The Bertz CT molecular complexity index is 438. The highest BCUT2D eigenvalue weighted by Crippen LogP contribution is 2.19. The van der Waals surface area contributed by atoms with Crippen LogP contribution in [0.3, 0.4) is 0 Å². The van der Waals surface area contributed by atoms with E-state index < -0.39 is 5.82 Å². The van der Waals surface area contributed by atoms with Crippen molar-refractivity contribution in [3.63, 3.8) is 0 Å². The molecule has 0 heterocycles. The Morgan fingerprint density at radius 2 is 2.10 bits per heavy atom. The van der Waals surface area contributed by atoms with E-state index in [4.69, 9.17) is 9.47 Å². The van der Waals surface area contributed by atoms with Crippen molar-refractivity contribution in [2.45, 2.75) is 26.5 Å². The molecule has 1 rings (SSSR count). The van der Waals surface area contributed by atoms with Gasteiger partial charge in [-0.1, -0.05) is 6.07 Å². The van der Waals surface area contributed by atoms with Crippen LogP contribution in [0.5, 0.6) is 5.75 Å². The monoisotopic (exact) mass is 284 g/mol. The zero-order valence-electron chi connectivity index (χ0n) is 12.0. The average Bonchev–Trinajstić information content (AvgIpc) is 2.39. The van der Waals surface area contributed by atoms with Gasteiger partial charge in [0.25, 0.3) is 0 Å². The zero-order chi connectivity index (χ0) is 15.0. The second-order valence-electron chi connectivity index (χ2n) is 4.53. The second-order valence-corrected chi connectivity index (χ2v) is 4.53. The molecule has 0 fully saturated rings. The van der Waals surface area contributed by atoms with Gasteiger partial charge >= 0.3 is 6.03 Å². The third-order valence-electron chi connectivity index (χ3n) is 2.40. The number of carbonyl (C=O) groups excluding carboxylic acids is 1. The minimum absolute atomic E-state index is 0.0833. The molecule has 20 heavy (non-hydrogen) atoms. The Hall–Kier alpha value is -1.82. The van der Waals surface area contributed by atoms with Gasteiger partial charge in [-0.25, -0.2) is 9.18 Å². The van der Waals surface area contributed by atoms with Crippen LogP contribution in [0.2, 0.25) is 0 Å². The summed E-state index contributed by atoms with van der Waals surface area (Å²) in [6, 6.07) is 4.32. The van der Waals surface area contributed by atoms with Gasteiger partial charge in [0, 0.05) is 20.2 Å². The number of carbonyl (C=O) groups is 1. The van der Waals surface area contributed by atoms with Crippen LogP contribution in [0.15, 0.2) is 18.2 Å². The molecule has 0 aliphatic rings. The first-order valence-corrected chi connectivity index (χ1v) is 6.48. The molecule has 5 nitrogen and oxygen atoms in total. The van der Waals surface area contributed by atoms with Crippen molar-refractivity contribution in [1.29, 1.82) is 0 Å². The van der Waals surface area contributed by atoms with Crippen molar-refractivity contribution in [2.75, 3.05) is 20.3 Å². The zero-order valence-corrected chi connectivity index (χ0v) is 12.0. The van der Waals surface area contributed by atoms with E-state index in [-0.39, 0.29) is 24.4 Å². The number of amides is 2. The molecular weight excluding hydrogens is 263 g/mol. The smallest absolute Gasteiger partial charge is 0.315 e. The maximum Gasteiger partial charge on any atom is 0.315 e. The topological polar surface area (TPSA) is 59.6 Å². The van der Waals surface area contributed by atoms with Crippen LogP contribution < -0.4 is 15.4 Å². The van der Waals surface area contributed by atoms with Crippen LogP contribution in [0.25, 0.3) is 0 Å². The van der Waals surface area contributed by atoms with E-state index in [1.807, 2.05) is 13.8 Å². The molecule has 0 saturated carbocycles. The number of benzene rings is 1. The lowest BCUT2D eigenvalue weighted by Crippen LogP contribution is -2.36. The molecule has 2 N–H and O–H groups in total. The highest BCUT2D eigenvalue weighted by atomic mass is 19.1. The Kier molecular flexibility index (Phi) is 6.79. The van der Waals surface area contributed by atoms with Crippen molar-refractivity contribution in [3.05, 3.63) is 29.6 Å². The molecule has 0 aliphatic carbocycles. The Morgan fingerprint density at radius 1 is 1.35 bits per heavy atom. The molecule has 6 heteroatoms. The number of hydrogen-bond acceptors (Lipinski definition) is 3. The minimum atomic E-state index is -0.433. The largest absolute Gasteiger partial charge is 0.488 e. The maximum atomic E-state index is 13.7. The molecule has 0 saturated heterocycles. The number of methoxy groups -OCH3 is 1. The van der Waals surface area contributed by atoms with Gasteiger partial charge in [-0.3, -0.25) is 0 Å². The van der Waals surface area contributed by atoms with Gasteiger partial charge in [0.15, 0.2) is 11.6 Å². The predicted octanol–water partition coefficient (Wildman–Crippen LogP) is 2.06. The molecule has 0 aromatic heterocycles. The normalized spacial score (nSPS) is 10.4. The summed E-state index contributed by atoms with van der Waals surface area (Å²) in [4.78, 5) is 11.4. The number of nitrogens with one attached hydrogen (secondary N) is 2. The van der Waals surface area contributed by atoms with Crippen molar-refractivity contribution in [3.8, 4) is 5.75 Å². The first kappa shape index (κ1) is 16.2. The minimum Gasteiger partial charge on any atom is -0.488 e. The fraction of sp³-hybridized carbons (Fsp3) is 0.500. The van der Waals surface area contributed by atoms with Crippen LogP contribution in [-0.4, -0.2) is 32.4 Å². The van der Waals surface area contributed by atoms with Crippen molar-refractivity contribution < 1.29 is 18.7 Å². The summed E-state index contributed by atoms with van der Waals surface area (Å²) in [6.07, 6.45) is -0.0833. The summed E-state index contributed by atoms with van der Waals surface area (Å²) in [5.74, 6) is -0.217. The summed E-state index contributed by atoms with van der Waals surface area (Å²) in [7, 11) is 1.56. The van der Waals surface area contributed by atoms with Gasteiger partial charge in [0.05, 0.1) is 12.7 Å². The molecular formula is C14H21FN2O3. The molecule has 1 aromatic carbocycles. The van der Waals surface area contributed by atoms with Crippen LogP contribution in [0.1, 0.15) is 19.4 Å². The molecule has 0 bridgehead atoms. The van der Waals surface area contributed by atoms with Gasteiger partial charge < -0.3 is 20.1 Å². The van der Waals surface area contributed by atoms with Crippen molar-refractivity contribution in [1.82, 2.24) is 10.6 Å². The Balaban J connectivity index is 2.45. The molecule has 0 atom stereocenters. The highest BCUT2D eigenvalue weighted by Gasteiger charge is 2.07. The highest BCUT2D eigenvalue weighted by molar-refractivity contribution is 5.73. The molecule has 0 aliphatic heterocycles. The lowest BCUT2D eigenvalue weighted by atomic mass is 10.2. The maximum absolute atomic E-state index is 13.7. The summed E-state index contributed by atoms with van der Waals surface area (Å²) in [5, 5.41) is 5.24. The van der Waals surface area contributed by atoms with Gasteiger partial charge in [-0.05, 0) is 31.5 Å². The molecule has 112 valence electrons. The number of ether oxygens (including phenoxy) is 2. The summed E-state index contributed by atoms with van der Waals surface area (Å²) in [5.41, 5.74) is 0.667. The summed E-state index contributed by atoms with van der Waals surface area (Å²) >= 11 is 0. The Labute approximate surface area is 118 Å². The molecule has 0 radical (unpaired) electrons. The quantitative estimate of drug-likeness (QED) is 0.753. The van der Waals surface area contributed by atoms with Crippen LogP contribution in [0.4, 0.5) is 9.18 Å². The lowest BCUT2D eigenvalue weighted by Gasteiger charge is -2.12. The predicted molar refractivity (Wildman–Crippen MR) is 74.3 cm³/mol. The SMILES string of the molecule is COCCNC(=O)NCc1ccc(OC(C)C)c(F)c1. The van der Waals surface area contributed by atoms with Crippen LogP contribution in [0, 0.1) is 5.82 Å². The third-order valence-corrected chi connectivity index (χ3v) is 2.40. The van der Waals surface area contributed by atoms with Gasteiger partial charge in [0.2, 0.25) is 0 Å². The average molecular weight is 284 g/mol. The van der Waals surface area contributed by atoms with Crippen LogP contribution >= 0.6 is 0 Å². The summed E-state index contributed by atoms with van der Waals surface area (Å²) < 4.78 is 23.8. The van der Waals surface area contributed by atoms with E-state index in [9.17, 15) is 9.18 Å². The van der Waals surface area contributed by atoms with E-state index in [0.717, 1.165) is 0 Å². The van der Waals surface area contributed by atoms with Crippen LogP contribution in [-0.2, 0) is 11.3 Å². The molecule has 0 spiro atoms. The van der Waals surface area contributed by atoms with Gasteiger partial charge in [-0.15, -0.1) is 0 Å². The molecule has 2 amide bonds. The fourth-order valence-corrected chi connectivity index (χ4v) is 1.52. The molecule has 0 unspecified atom stereocenters. The number of urea groups is 1. The Morgan fingerprint density at radius 3 is 2.70 bits per heavy atom. The van der Waals surface area contributed by atoms with E-state index in [2.05, 4.69) is 10.6 Å². The van der Waals surface area contributed by atoms with Gasteiger partial charge in [0.1, 0.15) is 0 Å². The third kappa shape index (κ3) is 5.88. The first-order chi connectivity index (χ1) is 9.52. The van der Waals surface area contributed by atoms with E-state index in [1.165, 1.54) is 6.07 Å². The fourth-order valence-electron chi connectivity index (χ4n) is 1.52. The van der Waals surface area contributed by atoms with Crippen molar-refractivity contribution in [2.24, 2.45) is 0 Å². The lowest BCUT2D eigenvalue weighted by molar-refractivity contribution is 0.196. The molecule has 1 aromatic rings. The number of halogens is 1. The number of rotatable bonds is 7. The first-order valence-electron chi connectivity index (χ1n) is 6.48.